The molecule has 1 aliphatic heterocycles. The fourth-order valence-electron chi connectivity index (χ4n) is 8.34. The summed E-state index contributed by atoms with van der Waals surface area (Å²) < 4.78 is 12.1. The average Bonchev–Trinajstić information content (AvgIpc) is 3.09. The lowest BCUT2D eigenvalue weighted by Crippen LogP contribution is -2.60. The quantitative estimate of drug-likeness (QED) is 0.523. The molecule has 4 nitrogen and oxygen atoms in total. The normalized spacial score (nSPS) is 57.5. The fraction of sp³-hybridized carbons (Fsp3) is 0.909. The molecular weight excluding hydrogens is 328 g/mol. The highest BCUT2D eigenvalue weighted by molar-refractivity contribution is 5.93. The van der Waals surface area contributed by atoms with E-state index in [2.05, 4.69) is 13.8 Å². The van der Waals surface area contributed by atoms with E-state index in [0.29, 0.717) is 30.0 Å². The first-order chi connectivity index (χ1) is 12.2. The van der Waals surface area contributed by atoms with Crippen molar-refractivity contribution in [3.05, 3.63) is 0 Å². The summed E-state index contributed by atoms with van der Waals surface area (Å²) in [6, 6.07) is 0. The SMILES string of the molecule is CC(=O)O[C@H]1CC[C@H]2[C@@H]3CC[C@@]45O[C@]4(C)C(=O)CC[C@]5(C)[C@H]3CC[C@]12C. The number of esters is 1. The Labute approximate surface area is 156 Å². The summed E-state index contributed by atoms with van der Waals surface area (Å²) in [5.41, 5.74) is -0.453. The average molecular weight is 360 g/mol. The molecule has 0 radical (unpaired) electrons. The Morgan fingerprint density at radius 1 is 1.04 bits per heavy atom. The zero-order chi connectivity index (χ0) is 18.5. The van der Waals surface area contributed by atoms with Gasteiger partial charge < -0.3 is 9.47 Å². The molecule has 0 N–H and O–H groups in total. The molecule has 5 aliphatic rings. The largest absolute Gasteiger partial charge is 0.462 e. The lowest BCUT2D eigenvalue weighted by Gasteiger charge is -2.59. The number of hydrogen-bond donors (Lipinski definition) is 0. The van der Waals surface area contributed by atoms with Gasteiger partial charge in [0.15, 0.2) is 11.4 Å². The second-order valence-corrected chi connectivity index (χ2v) is 10.4. The van der Waals surface area contributed by atoms with Crippen molar-refractivity contribution >= 4 is 11.8 Å². The second kappa shape index (κ2) is 4.92. The van der Waals surface area contributed by atoms with Gasteiger partial charge in [0, 0.05) is 24.2 Å². The van der Waals surface area contributed by atoms with E-state index in [1.54, 1.807) is 0 Å². The van der Waals surface area contributed by atoms with E-state index in [0.717, 1.165) is 32.1 Å². The monoisotopic (exact) mass is 360 g/mol. The van der Waals surface area contributed by atoms with E-state index in [4.69, 9.17) is 9.47 Å². The Balaban J connectivity index is 1.46. The number of hydrogen-bond acceptors (Lipinski definition) is 4. The summed E-state index contributed by atoms with van der Waals surface area (Å²) in [6.45, 7) is 8.37. The van der Waals surface area contributed by atoms with Crippen LogP contribution in [0, 0.1) is 28.6 Å². The van der Waals surface area contributed by atoms with Gasteiger partial charge in [0.25, 0.3) is 0 Å². The molecule has 0 aromatic rings. The van der Waals surface area contributed by atoms with Gasteiger partial charge >= 0.3 is 5.97 Å². The first-order valence-corrected chi connectivity index (χ1v) is 10.6. The van der Waals surface area contributed by atoms with Crippen LogP contribution in [0.15, 0.2) is 0 Å². The molecule has 4 saturated carbocycles. The van der Waals surface area contributed by atoms with Crippen molar-refractivity contribution in [1.82, 2.24) is 0 Å². The smallest absolute Gasteiger partial charge is 0.302 e. The molecule has 0 aromatic carbocycles. The third-order valence-corrected chi connectivity index (χ3v) is 9.74. The minimum Gasteiger partial charge on any atom is -0.462 e. The van der Waals surface area contributed by atoms with Gasteiger partial charge in [-0.15, -0.1) is 0 Å². The number of carbonyl (C=O) groups excluding carboxylic acids is 2. The van der Waals surface area contributed by atoms with Crippen LogP contribution in [0.3, 0.4) is 0 Å². The van der Waals surface area contributed by atoms with Gasteiger partial charge in [-0.05, 0) is 69.6 Å². The van der Waals surface area contributed by atoms with Crippen LogP contribution in [-0.4, -0.2) is 29.1 Å². The van der Waals surface area contributed by atoms with Gasteiger partial charge in [0.05, 0.1) is 0 Å². The second-order valence-electron chi connectivity index (χ2n) is 10.4. The van der Waals surface area contributed by atoms with E-state index < -0.39 is 5.60 Å². The van der Waals surface area contributed by atoms with Crippen LogP contribution in [0.5, 0.6) is 0 Å². The molecule has 0 unspecified atom stereocenters. The van der Waals surface area contributed by atoms with E-state index in [9.17, 15) is 9.59 Å². The molecule has 5 fully saturated rings. The van der Waals surface area contributed by atoms with Gasteiger partial charge in [0.2, 0.25) is 0 Å². The molecule has 0 aromatic heterocycles. The van der Waals surface area contributed by atoms with E-state index >= 15 is 0 Å². The first kappa shape index (κ1) is 17.2. The maximum atomic E-state index is 12.5. The molecule has 8 atom stereocenters. The number of Topliss-reactive ketones (excluding diaryl/α,β-unsaturated/α-hetero) is 1. The minimum absolute atomic E-state index is 0.0880. The van der Waals surface area contributed by atoms with Crippen molar-refractivity contribution in [2.75, 3.05) is 0 Å². The maximum absolute atomic E-state index is 12.5. The number of ether oxygens (including phenoxy) is 2. The van der Waals surface area contributed by atoms with Gasteiger partial charge in [-0.25, -0.2) is 0 Å². The Morgan fingerprint density at radius 3 is 2.54 bits per heavy atom. The Morgan fingerprint density at radius 2 is 1.81 bits per heavy atom. The van der Waals surface area contributed by atoms with Crippen LogP contribution in [0.4, 0.5) is 0 Å². The number of carbonyl (C=O) groups is 2. The topological polar surface area (TPSA) is 55.9 Å². The summed E-state index contributed by atoms with van der Waals surface area (Å²) >= 11 is 0. The molecule has 4 heteroatoms. The van der Waals surface area contributed by atoms with E-state index in [1.807, 2.05) is 6.92 Å². The fourth-order valence-corrected chi connectivity index (χ4v) is 8.34. The predicted octanol–water partition coefficient (Wildman–Crippen LogP) is 4.05. The summed E-state index contributed by atoms with van der Waals surface area (Å²) in [6.07, 6.45) is 8.44. The first-order valence-electron chi connectivity index (χ1n) is 10.6. The molecule has 1 saturated heterocycles. The summed E-state index contributed by atoms with van der Waals surface area (Å²) in [4.78, 5) is 24.1. The highest BCUT2D eigenvalue weighted by Crippen LogP contribution is 2.75. The van der Waals surface area contributed by atoms with Crippen LogP contribution >= 0.6 is 0 Å². The lowest BCUT2D eigenvalue weighted by atomic mass is 9.43. The third-order valence-electron chi connectivity index (χ3n) is 9.74. The van der Waals surface area contributed by atoms with Crippen molar-refractivity contribution in [3.63, 3.8) is 0 Å². The number of fused-ring (bicyclic) bond motifs is 4. The minimum atomic E-state index is -0.512. The summed E-state index contributed by atoms with van der Waals surface area (Å²) in [7, 11) is 0. The highest BCUT2D eigenvalue weighted by Gasteiger charge is 2.82. The van der Waals surface area contributed by atoms with E-state index in [-0.39, 0.29) is 28.5 Å². The van der Waals surface area contributed by atoms with Crippen molar-refractivity contribution in [3.8, 4) is 0 Å². The molecule has 4 aliphatic carbocycles. The van der Waals surface area contributed by atoms with Crippen LogP contribution in [0.2, 0.25) is 0 Å². The molecular formula is C22H32O4. The molecule has 144 valence electrons. The maximum Gasteiger partial charge on any atom is 0.302 e. The summed E-state index contributed by atoms with van der Waals surface area (Å²) in [5, 5.41) is 0. The van der Waals surface area contributed by atoms with Crippen molar-refractivity contribution < 1.29 is 19.1 Å². The van der Waals surface area contributed by atoms with Crippen LogP contribution in [0.25, 0.3) is 0 Å². The third kappa shape index (κ3) is 1.76. The molecule has 0 bridgehead atoms. The van der Waals surface area contributed by atoms with Gasteiger partial charge in [-0.1, -0.05) is 13.8 Å². The molecule has 26 heavy (non-hydrogen) atoms. The number of rotatable bonds is 1. The zero-order valence-electron chi connectivity index (χ0n) is 16.6. The van der Waals surface area contributed by atoms with Crippen molar-refractivity contribution in [2.45, 2.75) is 96.4 Å². The predicted molar refractivity (Wildman–Crippen MR) is 96.4 cm³/mol. The number of epoxide rings is 1. The Hall–Kier alpha value is -0.900. The number of ketones is 1. The lowest BCUT2D eigenvalue weighted by molar-refractivity contribution is -0.161. The standard InChI is InChI=1S/C22H32O4/c1-13(23)25-18-6-5-15-14-7-12-22-20(3,16(14)8-10-19(15,18)2)11-9-17(24)21(22,4)26-22/h14-16,18H,5-12H2,1-4H3/t14-,15-,16-,18-,19-,20+,21+,22-/m0/s1. The highest BCUT2D eigenvalue weighted by atomic mass is 16.6. The zero-order valence-corrected chi connectivity index (χ0v) is 16.6. The molecule has 0 amide bonds. The van der Waals surface area contributed by atoms with Crippen LogP contribution < -0.4 is 0 Å². The van der Waals surface area contributed by atoms with E-state index in [1.165, 1.54) is 19.8 Å². The summed E-state index contributed by atoms with van der Waals surface area (Å²) in [5.74, 6) is 2.15. The van der Waals surface area contributed by atoms with Gasteiger partial charge in [-0.3, -0.25) is 9.59 Å². The molecule has 1 heterocycles. The van der Waals surface area contributed by atoms with Crippen LogP contribution in [0.1, 0.15) is 79.1 Å². The Bertz CT molecular complexity index is 688. The van der Waals surface area contributed by atoms with Crippen LogP contribution in [-0.2, 0) is 19.1 Å². The van der Waals surface area contributed by atoms with Crippen molar-refractivity contribution in [1.29, 1.82) is 0 Å². The van der Waals surface area contributed by atoms with Crippen molar-refractivity contribution in [2.24, 2.45) is 28.6 Å². The molecule has 5 rings (SSSR count). The van der Waals surface area contributed by atoms with Gasteiger partial charge in [-0.2, -0.15) is 0 Å². The van der Waals surface area contributed by atoms with Gasteiger partial charge in [0.1, 0.15) is 11.7 Å². The Kier molecular flexibility index (Phi) is 3.26. The molecule has 1 spiro atoms.